The van der Waals surface area contributed by atoms with E-state index in [0.717, 1.165) is 5.56 Å². The summed E-state index contributed by atoms with van der Waals surface area (Å²) >= 11 is 0. The molecule has 2 rings (SSSR count). The smallest absolute Gasteiger partial charge is 0.218 e. The van der Waals surface area contributed by atoms with Gasteiger partial charge in [0.15, 0.2) is 0 Å². The van der Waals surface area contributed by atoms with Crippen molar-refractivity contribution in [2.24, 2.45) is 0 Å². The van der Waals surface area contributed by atoms with E-state index in [1.54, 1.807) is 12.1 Å². The minimum absolute atomic E-state index is 0.0591. The Morgan fingerprint density at radius 2 is 1.50 bits per heavy atom. The number of rotatable bonds is 3. The van der Waals surface area contributed by atoms with Gasteiger partial charge in [0, 0.05) is 5.56 Å². The van der Waals surface area contributed by atoms with Crippen molar-refractivity contribution in [1.82, 2.24) is 0 Å². The van der Waals surface area contributed by atoms with Gasteiger partial charge in [0.2, 0.25) is 11.5 Å². The summed E-state index contributed by atoms with van der Waals surface area (Å²) in [5, 5.41) is 17.4. The van der Waals surface area contributed by atoms with Gasteiger partial charge in [-0.25, -0.2) is 10.5 Å². The Balaban J connectivity index is 2.57. The van der Waals surface area contributed by atoms with E-state index in [4.69, 9.17) is 10.5 Å². The van der Waals surface area contributed by atoms with Gasteiger partial charge in [-0.05, 0) is 11.6 Å². The molecule has 4 nitrogen and oxygen atoms in total. The quantitative estimate of drug-likeness (QED) is 0.614. The Morgan fingerprint density at radius 3 is 2.12 bits per heavy atom. The Labute approximate surface area is 92.2 Å². The van der Waals surface area contributed by atoms with Crippen LogP contribution in [0, 0.1) is 0 Å². The van der Waals surface area contributed by atoms with Gasteiger partial charge >= 0.3 is 0 Å². The van der Waals surface area contributed by atoms with Crippen LogP contribution in [0.1, 0.15) is 0 Å². The second-order valence-electron chi connectivity index (χ2n) is 3.18. The highest BCUT2D eigenvalue weighted by Crippen LogP contribution is 2.37. The SMILES string of the molecule is OOc1cccc(-c2ccccc2)c1OO. The second-order valence-corrected chi connectivity index (χ2v) is 3.18. The standard InChI is InChI=1S/C12H10O4/c13-15-11-8-4-7-10(12(11)16-14)9-5-2-1-3-6-9/h1-8,13-14H. The van der Waals surface area contributed by atoms with Crippen LogP contribution in [-0.2, 0) is 0 Å². The Morgan fingerprint density at radius 1 is 0.750 bits per heavy atom. The van der Waals surface area contributed by atoms with Gasteiger partial charge in [-0.15, -0.1) is 0 Å². The lowest BCUT2D eigenvalue weighted by Crippen LogP contribution is -1.93. The molecule has 0 heterocycles. The molecule has 16 heavy (non-hydrogen) atoms. The molecule has 0 spiro atoms. The fraction of sp³-hybridized carbons (Fsp3) is 0. The van der Waals surface area contributed by atoms with E-state index < -0.39 is 0 Å². The van der Waals surface area contributed by atoms with E-state index in [9.17, 15) is 0 Å². The highest BCUT2D eigenvalue weighted by Gasteiger charge is 2.13. The Bertz CT molecular complexity index is 468. The van der Waals surface area contributed by atoms with Gasteiger partial charge in [-0.1, -0.05) is 42.5 Å². The van der Waals surface area contributed by atoms with Crippen molar-refractivity contribution in [2.45, 2.75) is 0 Å². The molecule has 82 valence electrons. The lowest BCUT2D eigenvalue weighted by Gasteiger charge is -2.08. The maximum absolute atomic E-state index is 8.80. The fourth-order valence-corrected chi connectivity index (χ4v) is 1.53. The molecule has 0 aromatic heterocycles. The van der Waals surface area contributed by atoms with Crippen molar-refractivity contribution in [3.63, 3.8) is 0 Å². The van der Waals surface area contributed by atoms with Crippen molar-refractivity contribution < 1.29 is 20.3 Å². The summed E-state index contributed by atoms with van der Waals surface area (Å²) in [7, 11) is 0. The van der Waals surface area contributed by atoms with Crippen LogP contribution in [0.5, 0.6) is 11.5 Å². The van der Waals surface area contributed by atoms with Crippen LogP contribution in [0.2, 0.25) is 0 Å². The molecule has 4 heteroatoms. The van der Waals surface area contributed by atoms with Gasteiger partial charge < -0.3 is 9.78 Å². The number of benzene rings is 2. The topological polar surface area (TPSA) is 58.9 Å². The van der Waals surface area contributed by atoms with Crippen LogP contribution < -0.4 is 9.78 Å². The number of para-hydroxylation sites is 1. The minimum atomic E-state index is 0.0591. The molecule has 0 unspecified atom stereocenters. The van der Waals surface area contributed by atoms with Gasteiger partial charge in [-0.2, -0.15) is 0 Å². The molecule has 0 saturated heterocycles. The summed E-state index contributed by atoms with van der Waals surface area (Å²) in [6.07, 6.45) is 0. The lowest BCUT2D eigenvalue weighted by atomic mass is 10.0. The highest BCUT2D eigenvalue weighted by atomic mass is 17.1. The van der Waals surface area contributed by atoms with E-state index in [1.165, 1.54) is 6.07 Å². The molecule has 0 radical (unpaired) electrons. The normalized spacial score (nSPS) is 9.88. The zero-order chi connectivity index (χ0) is 11.4. The number of hydrogen-bond donors (Lipinski definition) is 2. The third kappa shape index (κ3) is 1.84. The summed E-state index contributed by atoms with van der Waals surface area (Å²) in [6.45, 7) is 0. The van der Waals surface area contributed by atoms with Gasteiger partial charge in [0.1, 0.15) is 0 Å². The maximum atomic E-state index is 8.80. The van der Waals surface area contributed by atoms with Crippen LogP contribution in [0.4, 0.5) is 0 Å². The summed E-state index contributed by atoms with van der Waals surface area (Å²) in [5.41, 5.74) is 1.49. The molecular formula is C12H10O4. The van der Waals surface area contributed by atoms with Crippen molar-refractivity contribution in [3.8, 4) is 22.6 Å². The average Bonchev–Trinajstić information content (AvgIpc) is 2.38. The molecular weight excluding hydrogens is 208 g/mol. The highest BCUT2D eigenvalue weighted by molar-refractivity contribution is 5.73. The molecule has 0 aliphatic rings. The van der Waals surface area contributed by atoms with Gasteiger partial charge in [0.25, 0.3) is 0 Å². The first-order valence-corrected chi connectivity index (χ1v) is 4.68. The molecule has 0 atom stereocenters. The Kier molecular flexibility index (Phi) is 3.05. The first kappa shape index (κ1) is 10.5. The maximum Gasteiger partial charge on any atom is 0.218 e. The first-order chi connectivity index (χ1) is 7.86. The monoisotopic (exact) mass is 218 g/mol. The summed E-state index contributed by atoms with van der Waals surface area (Å²) in [4.78, 5) is 8.35. The van der Waals surface area contributed by atoms with Crippen molar-refractivity contribution in [3.05, 3.63) is 48.5 Å². The average molecular weight is 218 g/mol. The van der Waals surface area contributed by atoms with E-state index in [1.807, 2.05) is 30.3 Å². The van der Waals surface area contributed by atoms with Crippen molar-refractivity contribution in [1.29, 1.82) is 0 Å². The molecule has 2 N–H and O–H groups in total. The molecule has 0 aliphatic carbocycles. The number of hydrogen-bond acceptors (Lipinski definition) is 4. The lowest BCUT2D eigenvalue weighted by molar-refractivity contribution is -0.163. The van der Waals surface area contributed by atoms with Gasteiger partial charge in [-0.3, -0.25) is 0 Å². The molecule has 2 aromatic rings. The van der Waals surface area contributed by atoms with E-state index in [0.29, 0.717) is 5.56 Å². The zero-order valence-corrected chi connectivity index (χ0v) is 8.33. The van der Waals surface area contributed by atoms with E-state index >= 15 is 0 Å². The van der Waals surface area contributed by atoms with Crippen LogP contribution in [0.3, 0.4) is 0 Å². The van der Waals surface area contributed by atoms with Crippen LogP contribution in [0.15, 0.2) is 48.5 Å². The van der Waals surface area contributed by atoms with E-state index in [-0.39, 0.29) is 11.5 Å². The predicted molar refractivity (Wildman–Crippen MR) is 58.4 cm³/mol. The third-order valence-corrected chi connectivity index (χ3v) is 2.25. The molecule has 0 aliphatic heterocycles. The first-order valence-electron chi connectivity index (χ1n) is 4.68. The zero-order valence-electron chi connectivity index (χ0n) is 8.33. The van der Waals surface area contributed by atoms with Crippen LogP contribution in [-0.4, -0.2) is 10.5 Å². The largest absolute Gasteiger partial charge is 0.336 e. The summed E-state index contributed by atoms with van der Waals surface area (Å²) in [5.74, 6) is 0.139. The minimum Gasteiger partial charge on any atom is -0.336 e. The van der Waals surface area contributed by atoms with Crippen molar-refractivity contribution in [2.75, 3.05) is 0 Å². The van der Waals surface area contributed by atoms with Crippen LogP contribution in [0.25, 0.3) is 11.1 Å². The Hall–Kier alpha value is -2.04. The van der Waals surface area contributed by atoms with Gasteiger partial charge in [0.05, 0.1) is 0 Å². The molecule has 0 fully saturated rings. The van der Waals surface area contributed by atoms with Crippen LogP contribution >= 0.6 is 0 Å². The predicted octanol–water partition coefficient (Wildman–Crippen LogP) is 3.06. The molecule has 2 aromatic carbocycles. The fourth-order valence-electron chi connectivity index (χ4n) is 1.53. The summed E-state index contributed by atoms with van der Waals surface area (Å²) in [6, 6.07) is 14.3. The van der Waals surface area contributed by atoms with Crippen molar-refractivity contribution >= 4 is 0 Å². The molecule has 0 saturated carbocycles. The second kappa shape index (κ2) is 4.65. The third-order valence-electron chi connectivity index (χ3n) is 2.25. The molecule has 0 bridgehead atoms. The summed E-state index contributed by atoms with van der Waals surface area (Å²) < 4.78 is 0. The van der Waals surface area contributed by atoms with E-state index in [2.05, 4.69) is 9.78 Å². The molecule has 0 amide bonds.